The molecule has 0 spiro atoms. The lowest BCUT2D eigenvalue weighted by Crippen LogP contribution is -2.21. The van der Waals surface area contributed by atoms with E-state index < -0.39 is 0 Å². The van der Waals surface area contributed by atoms with Crippen LogP contribution < -0.4 is 21.3 Å². The molecule has 0 atom stereocenters. The van der Waals surface area contributed by atoms with Gasteiger partial charge in [0.2, 0.25) is 0 Å². The van der Waals surface area contributed by atoms with E-state index in [4.69, 9.17) is 0 Å². The lowest BCUT2D eigenvalue weighted by molar-refractivity contribution is 0.261. The molecule has 0 heterocycles. The summed E-state index contributed by atoms with van der Waals surface area (Å²) in [5.74, 6) is 0. The highest BCUT2D eigenvalue weighted by atomic mass is 16.2. The first-order chi connectivity index (χ1) is 17.1. The van der Waals surface area contributed by atoms with Gasteiger partial charge in [-0.2, -0.15) is 0 Å². The molecule has 4 N–H and O–H groups in total. The molecular weight excluding hydrogens is 436 g/mol. The van der Waals surface area contributed by atoms with Gasteiger partial charge in [0.05, 0.1) is 11.4 Å². The van der Waals surface area contributed by atoms with Gasteiger partial charge >= 0.3 is 12.1 Å². The third-order valence-corrected chi connectivity index (χ3v) is 5.81. The van der Waals surface area contributed by atoms with Gasteiger partial charge in [-0.1, -0.05) is 72.8 Å². The van der Waals surface area contributed by atoms with Crippen molar-refractivity contribution >= 4 is 56.4 Å². The summed E-state index contributed by atoms with van der Waals surface area (Å²) in [5.41, 5.74) is 3.58. The number of fused-ring (bicyclic) bond motifs is 2. The first-order valence-corrected chi connectivity index (χ1v) is 11.3. The minimum absolute atomic E-state index is 0.334. The Morgan fingerprint density at radius 3 is 1.57 bits per heavy atom. The molecule has 6 heteroatoms. The van der Waals surface area contributed by atoms with Gasteiger partial charge in [0.25, 0.3) is 0 Å². The van der Waals surface area contributed by atoms with E-state index in [0.29, 0.717) is 11.4 Å². The largest absolute Gasteiger partial charge is 0.323 e. The van der Waals surface area contributed by atoms with Crippen molar-refractivity contribution in [1.82, 2.24) is 0 Å². The summed E-state index contributed by atoms with van der Waals surface area (Å²) >= 11 is 0. The predicted octanol–water partition coefficient (Wildman–Crippen LogP) is 7.59. The maximum absolute atomic E-state index is 12.6. The summed E-state index contributed by atoms with van der Waals surface area (Å²) in [6, 6.07) is 32.0. The van der Waals surface area contributed by atoms with E-state index >= 15 is 0 Å². The second-order valence-corrected chi connectivity index (χ2v) is 8.24. The number of hydrogen-bond acceptors (Lipinski definition) is 2. The summed E-state index contributed by atoms with van der Waals surface area (Å²) in [6.07, 6.45) is 0. The Bertz CT molecular complexity index is 1550. The molecule has 172 valence electrons. The van der Waals surface area contributed by atoms with Gasteiger partial charge < -0.3 is 21.3 Å². The van der Waals surface area contributed by atoms with Gasteiger partial charge in [-0.3, -0.25) is 0 Å². The van der Waals surface area contributed by atoms with Crippen molar-refractivity contribution in [1.29, 1.82) is 0 Å². The van der Waals surface area contributed by atoms with Crippen molar-refractivity contribution in [2.24, 2.45) is 0 Å². The molecule has 0 radical (unpaired) electrons. The molecule has 0 saturated heterocycles. The van der Waals surface area contributed by atoms with Gasteiger partial charge in [0.15, 0.2) is 0 Å². The minimum Gasteiger partial charge on any atom is -0.308 e. The van der Waals surface area contributed by atoms with E-state index in [2.05, 4.69) is 21.3 Å². The number of anilines is 4. The number of urea groups is 2. The van der Waals surface area contributed by atoms with Gasteiger partial charge in [0, 0.05) is 22.1 Å². The number of amides is 4. The second-order valence-electron chi connectivity index (χ2n) is 8.24. The van der Waals surface area contributed by atoms with E-state index in [9.17, 15) is 9.59 Å². The molecule has 5 aromatic rings. The molecule has 0 fully saturated rings. The van der Waals surface area contributed by atoms with Crippen LogP contribution in [0.4, 0.5) is 32.3 Å². The predicted molar refractivity (Wildman–Crippen MR) is 144 cm³/mol. The molecule has 0 aromatic heterocycles. The standard InChI is InChI=1S/C29H24N4O2/c1-19-18-22(30-28(34)32-26-14-6-10-20-8-2-4-12-23(20)26)16-17-25(19)31-29(35)33-27-15-7-11-21-9-3-5-13-24(21)27/h2-18H,1H3,(H2,30,32,34)(H2,31,33,35). The molecule has 0 aliphatic carbocycles. The molecule has 0 unspecified atom stereocenters. The zero-order valence-electron chi connectivity index (χ0n) is 19.1. The quantitative estimate of drug-likeness (QED) is 0.223. The molecule has 0 aliphatic heterocycles. The van der Waals surface area contributed by atoms with Crippen LogP contribution in [-0.2, 0) is 0 Å². The topological polar surface area (TPSA) is 82.3 Å². The lowest BCUT2D eigenvalue weighted by Gasteiger charge is -2.14. The first-order valence-electron chi connectivity index (χ1n) is 11.3. The van der Waals surface area contributed by atoms with Crippen LogP contribution in [0.2, 0.25) is 0 Å². The first kappa shape index (κ1) is 22.0. The van der Waals surface area contributed by atoms with Crippen molar-refractivity contribution in [3.8, 4) is 0 Å². The smallest absolute Gasteiger partial charge is 0.308 e. The molecule has 0 saturated carbocycles. The number of carbonyl (C=O) groups is 2. The van der Waals surface area contributed by atoms with E-state index in [1.807, 2.05) is 97.9 Å². The monoisotopic (exact) mass is 460 g/mol. The van der Waals surface area contributed by atoms with Gasteiger partial charge in [-0.15, -0.1) is 0 Å². The number of carbonyl (C=O) groups excluding carboxylic acids is 2. The third kappa shape index (κ3) is 4.91. The van der Waals surface area contributed by atoms with Crippen molar-refractivity contribution in [3.05, 3.63) is 109 Å². The SMILES string of the molecule is Cc1cc(NC(=O)Nc2cccc3ccccc23)ccc1NC(=O)Nc1cccc2ccccc12. The Morgan fingerprint density at radius 2 is 1.00 bits per heavy atom. The molecule has 0 aliphatic rings. The van der Waals surface area contributed by atoms with Crippen LogP contribution in [0.15, 0.2) is 103 Å². The Hall–Kier alpha value is -4.84. The highest BCUT2D eigenvalue weighted by Crippen LogP contribution is 2.25. The molecule has 35 heavy (non-hydrogen) atoms. The molecule has 5 rings (SSSR count). The number of aryl methyl sites for hydroxylation is 1. The van der Waals surface area contributed by atoms with Crippen LogP contribution in [0.25, 0.3) is 21.5 Å². The van der Waals surface area contributed by atoms with Crippen molar-refractivity contribution in [3.63, 3.8) is 0 Å². The fourth-order valence-electron chi connectivity index (χ4n) is 4.11. The average molecular weight is 461 g/mol. The van der Waals surface area contributed by atoms with Crippen LogP contribution in [0.1, 0.15) is 5.56 Å². The summed E-state index contributed by atoms with van der Waals surface area (Å²) in [6.45, 7) is 1.88. The minimum atomic E-state index is -0.338. The number of nitrogens with one attached hydrogen (secondary N) is 4. The van der Waals surface area contributed by atoms with Crippen molar-refractivity contribution in [2.75, 3.05) is 21.3 Å². The second kappa shape index (κ2) is 9.57. The number of hydrogen-bond donors (Lipinski definition) is 4. The van der Waals surface area contributed by atoms with Crippen LogP contribution in [-0.4, -0.2) is 12.1 Å². The molecule has 6 nitrogen and oxygen atoms in total. The number of rotatable bonds is 4. The fourth-order valence-corrected chi connectivity index (χ4v) is 4.11. The Kier molecular flexibility index (Phi) is 6.01. The van der Waals surface area contributed by atoms with Crippen molar-refractivity contribution < 1.29 is 9.59 Å². The Balaban J connectivity index is 1.24. The highest BCUT2D eigenvalue weighted by molar-refractivity contribution is 6.08. The van der Waals surface area contributed by atoms with Gasteiger partial charge in [-0.25, -0.2) is 9.59 Å². The average Bonchev–Trinajstić information content (AvgIpc) is 2.86. The lowest BCUT2D eigenvalue weighted by atomic mass is 10.1. The van der Waals surface area contributed by atoms with Crippen LogP contribution in [0.3, 0.4) is 0 Å². The molecule has 5 aromatic carbocycles. The molecule has 0 bridgehead atoms. The maximum atomic E-state index is 12.6. The summed E-state index contributed by atoms with van der Waals surface area (Å²) in [5, 5.41) is 15.6. The summed E-state index contributed by atoms with van der Waals surface area (Å²) < 4.78 is 0. The van der Waals surface area contributed by atoms with Gasteiger partial charge in [0.1, 0.15) is 0 Å². The van der Waals surface area contributed by atoms with E-state index in [1.54, 1.807) is 12.1 Å². The zero-order valence-corrected chi connectivity index (χ0v) is 19.1. The maximum Gasteiger partial charge on any atom is 0.323 e. The zero-order chi connectivity index (χ0) is 24.2. The van der Waals surface area contributed by atoms with E-state index in [-0.39, 0.29) is 12.1 Å². The van der Waals surface area contributed by atoms with Crippen molar-refractivity contribution in [2.45, 2.75) is 6.92 Å². The van der Waals surface area contributed by atoms with Gasteiger partial charge in [-0.05, 0) is 53.6 Å². The highest BCUT2D eigenvalue weighted by Gasteiger charge is 2.10. The summed E-state index contributed by atoms with van der Waals surface area (Å²) in [4.78, 5) is 25.3. The van der Waals surface area contributed by atoms with Crippen LogP contribution >= 0.6 is 0 Å². The molecule has 4 amide bonds. The van der Waals surface area contributed by atoms with Crippen LogP contribution in [0, 0.1) is 6.92 Å². The normalized spacial score (nSPS) is 10.7. The molecular formula is C29H24N4O2. The fraction of sp³-hybridized carbons (Fsp3) is 0.0345. The van der Waals surface area contributed by atoms with E-state index in [0.717, 1.165) is 38.5 Å². The Labute approximate surface area is 203 Å². The van der Waals surface area contributed by atoms with E-state index in [1.165, 1.54) is 0 Å². The third-order valence-electron chi connectivity index (χ3n) is 5.81. The number of benzene rings is 5. The summed E-state index contributed by atoms with van der Waals surface area (Å²) in [7, 11) is 0. The van der Waals surface area contributed by atoms with Crippen LogP contribution in [0.5, 0.6) is 0 Å². The Morgan fingerprint density at radius 1 is 0.514 bits per heavy atom.